The molecule has 0 spiro atoms. The number of likely N-dealkylation sites (N-methyl/N-ethyl adjacent to an activating group) is 1. The van der Waals surface area contributed by atoms with Gasteiger partial charge in [0, 0.05) is 25.2 Å². The van der Waals surface area contributed by atoms with Gasteiger partial charge in [0.25, 0.3) is 0 Å². The first kappa shape index (κ1) is 13.1. The fourth-order valence-electron chi connectivity index (χ4n) is 2.02. The Balaban J connectivity index is 2.12. The molecule has 1 aliphatic rings. The van der Waals surface area contributed by atoms with Crippen LogP contribution in [0.2, 0.25) is 0 Å². The summed E-state index contributed by atoms with van der Waals surface area (Å²) in [5.74, 6) is -2.54. The van der Waals surface area contributed by atoms with Crippen molar-refractivity contribution >= 4 is 17.8 Å². The lowest BCUT2D eigenvalue weighted by atomic mass is 10.2. The summed E-state index contributed by atoms with van der Waals surface area (Å²) in [5.41, 5.74) is 0.388. The number of carboxylic acid groups (broad SMARTS) is 1. The first-order valence-corrected chi connectivity index (χ1v) is 5.92. The molecule has 0 bridgehead atoms. The zero-order valence-corrected chi connectivity index (χ0v) is 10.5. The summed E-state index contributed by atoms with van der Waals surface area (Å²) in [4.78, 5) is 37.3. The van der Waals surface area contributed by atoms with E-state index in [1.807, 2.05) is 0 Å². The van der Waals surface area contributed by atoms with Gasteiger partial charge in [-0.2, -0.15) is 0 Å². The molecule has 1 fully saturated rings. The van der Waals surface area contributed by atoms with Crippen molar-refractivity contribution in [1.82, 2.24) is 9.80 Å². The average molecular weight is 266 g/mol. The number of hydrogen-bond donors (Lipinski definition) is 1. The van der Waals surface area contributed by atoms with Crippen LogP contribution in [0.4, 0.5) is 0 Å². The zero-order chi connectivity index (χ0) is 14.0. The Bertz CT molecular complexity index is 522. The first-order valence-electron chi connectivity index (χ1n) is 5.92. The minimum absolute atomic E-state index is 0.0697. The molecule has 0 radical (unpaired) electrons. The third kappa shape index (κ3) is 2.44. The highest BCUT2D eigenvalue weighted by Crippen LogP contribution is 2.15. The summed E-state index contributed by atoms with van der Waals surface area (Å²) < 4.78 is 4.84. The van der Waals surface area contributed by atoms with E-state index < -0.39 is 17.8 Å². The molecule has 0 aromatic carbocycles. The van der Waals surface area contributed by atoms with E-state index in [-0.39, 0.29) is 12.3 Å². The molecule has 1 aliphatic heterocycles. The summed E-state index contributed by atoms with van der Waals surface area (Å²) in [7, 11) is 0. The maximum Gasteiger partial charge on any atom is 0.372 e. The fraction of sp³-hybridized carbons (Fsp3) is 0.417. The Labute approximate surface area is 109 Å². The predicted octanol–water partition coefficient (Wildman–Crippen LogP) is 0.168. The molecule has 7 nitrogen and oxygen atoms in total. The number of amides is 2. The smallest absolute Gasteiger partial charge is 0.372 e. The van der Waals surface area contributed by atoms with Crippen LogP contribution in [0, 0.1) is 0 Å². The van der Waals surface area contributed by atoms with Crippen LogP contribution in [0.3, 0.4) is 0 Å². The topological polar surface area (TPSA) is 91.1 Å². The molecule has 0 saturated carbocycles. The molecule has 2 amide bonds. The van der Waals surface area contributed by atoms with Crippen LogP contribution >= 0.6 is 0 Å². The van der Waals surface area contributed by atoms with Gasteiger partial charge in [0.1, 0.15) is 0 Å². The number of furan rings is 1. The summed E-state index contributed by atoms with van der Waals surface area (Å²) in [6, 6.07) is 1.49. The quantitative estimate of drug-likeness (QED) is 0.784. The molecular formula is C12H14N2O5. The van der Waals surface area contributed by atoms with Crippen LogP contribution in [0.15, 0.2) is 16.7 Å². The molecule has 0 aliphatic carbocycles. The van der Waals surface area contributed by atoms with Crippen LogP contribution in [0.5, 0.6) is 0 Å². The molecule has 2 rings (SSSR count). The lowest BCUT2D eigenvalue weighted by molar-refractivity contribution is -0.156. The van der Waals surface area contributed by atoms with Crippen LogP contribution < -0.4 is 0 Å². The van der Waals surface area contributed by atoms with E-state index in [9.17, 15) is 14.4 Å². The number of rotatable bonds is 4. The van der Waals surface area contributed by atoms with E-state index in [0.717, 1.165) is 0 Å². The van der Waals surface area contributed by atoms with Gasteiger partial charge < -0.3 is 19.3 Å². The van der Waals surface area contributed by atoms with Crippen molar-refractivity contribution in [2.24, 2.45) is 0 Å². The van der Waals surface area contributed by atoms with E-state index in [0.29, 0.717) is 25.2 Å². The van der Waals surface area contributed by atoms with Gasteiger partial charge in [0.05, 0.1) is 12.8 Å². The lowest BCUT2D eigenvalue weighted by Gasteiger charge is -2.32. The molecular weight excluding hydrogens is 252 g/mol. The zero-order valence-electron chi connectivity index (χ0n) is 10.5. The van der Waals surface area contributed by atoms with Crippen LogP contribution in [-0.2, 0) is 16.1 Å². The van der Waals surface area contributed by atoms with Crippen LogP contribution in [-0.4, -0.2) is 52.3 Å². The van der Waals surface area contributed by atoms with Crippen molar-refractivity contribution in [3.63, 3.8) is 0 Å². The number of carbonyl (C=O) groups is 3. The molecule has 2 heterocycles. The van der Waals surface area contributed by atoms with Crippen molar-refractivity contribution in [3.8, 4) is 0 Å². The fourth-order valence-corrected chi connectivity index (χ4v) is 2.02. The highest BCUT2D eigenvalue weighted by molar-refractivity contribution is 6.35. The highest BCUT2D eigenvalue weighted by Gasteiger charge is 2.32. The number of nitrogens with zero attached hydrogens (tertiary/aromatic N) is 2. The van der Waals surface area contributed by atoms with Gasteiger partial charge in [-0.3, -0.25) is 9.59 Å². The number of carbonyl (C=O) groups excluding carboxylic acids is 2. The Morgan fingerprint density at radius 1 is 1.32 bits per heavy atom. The maximum absolute atomic E-state index is 11.9. The number of piperazine rings is 1. The first-order chi connectivity index (χ1) is 9.04. The SMILES string of the molecule is CCN1CCN(Cc2ccoc2C(=O)O)C(=O)C1=O. The molecule has 1 aromatic heterocycles. The largest absolute Gasteiger partial charge is 0.475 e. The van der Waals surface area contributed by atoms with Gasteiger partial charge in [-0.05, 0) is 13.0 Å². The summed E-state index contributed by atoms with van der Waals surface area (Å²) in [6.07, 6.45) is 1.26. The van der Waals surface area contributed by atoms with E-state index in [4.69, 9.17) is 9.52 Å². The van der Waals surface area contributed by atoms with E-state index in [1.165, 1.54) is 22.1 Å². The standard InChI is InChI=1S/C12H14N2O5/c1-2-13-4-5-14(11(16)10(13)15)7-8-3-6-19-9(8)12(17)18/h3,6H,2,4-5,7H2,1H3,(H,17,18). The van der Waals surface area contributed by atoms with Gasteiger partial charge >= 0.3 is 17.8 Å². The minimum atomic E-state index is -1.19. The van der Waals surface area contributed by atoms with Gasteiger partial charge in [0.2, 0.25) is 5.76 Å². The van der Waals surface area contributed by atoms with Crippen LogP contribution in [0.1, 0.15) is 23.0 Å². The van der Waals surface area contributed by atoms with Gasteiger partial charge in [-0.25, -0.2) is 4.79 Å². The summed E-state index contributed by atoms with van der Waals surface area (Å²) in [5, 5.41) is 8.91. The van der Waals surface area contributed by atoms with E-state index >= 15 is 0 Å². The molecule has 1 N–H and O–H groups in total. The van der Waals surface area contributed by atoms with E-state index in [2.05, 4.69) is 0 Å². The molecule has 19 heavy (non-hydrogen) atoms. The monoisotopic (exact) mass is 266 g/mol. The third-order valence-electron chi connectivity index (χ3n) is 3.08. The Morgan fingerprint density at radius 3 is 2.58 bits per heavy atom. The second kappa shape index (κ2) is 5.13. The van der Waals surface area contributed by atoms with Crippen molar-refractivity contribution in [3.05, 3.63) is 23.7 Å². The summed E-state index contributed by atoms with van der Waals surface area (Å²) in [6.45, 7) is 3.22. The van der Waals surface area contributed by atoms with Crippen LogP contribution in [0.25, 0.3) is 0 Å². The van der Waals surface area contributed by atoms with Crippen molar-refractivity contribution in [1.29, 1.82) is 0 Å². The van der Waals surface area contributed by atoms with Crippen molar-refractivity contribution < 1.29 is 23.9 Å². The highest BCUT2D eigenvalue weighted by atomic mass is 16.4. The molecule has 102 valence electrons. The number of hydrogen-bond acceptors (Lipinski definition) is 4. The Kier molecular flexibility index (Phi) is 3.55. The minimum Gasteiger partial charge on any atom is -0.475 e. The Morgan fingerprint density at radius 2 is 1.95 bits per heavy atom. The number of carboxylic acids is 1. The summed E-state index contributed by atoms with van der Waals surface area (Å²) >= 11 is 0. The van der Waals surface area contributed by atoms with Gasteiger partial charge in [0.15, 0.2) is 0 Å². The van der Waals surface area contributed by atoms with Gasteiger partial charge in [-0.15, -0.1) is 0 Å². The third-order valence-corrected chi connectivity index (χ3v) is 3.08. The van der Waals surface area contributed by atoms with E-state index in [1.54, 1.807) is 6.92 Å². The Hall–Kier alpha value is -2.31. The molecule has 7 heteroatoms. The molecule has 1 saturated heterocycles. The van der Waals surface area contributed by atoms with Crippen molar-refractivity contribution in [2.45, 2.75) is 13.5 Å². The predicted molar refractivity (Wildman–Crippen MR) is 63.3 cm³/mol. The normalized spacial score (nSPS) is 16.1. The second-order valence-electron chi connectivity index (χ2n) is 4.19. The lowest BCUT2D eigenvalue weighted by Crippen LogP contribution is -2.53. The van der Waals surface area contributed by atoms with Crippen molar-refractivity contribution in [2.75, 3.05) is 19.6 Å². The average Bonchev–Trinajstić information content (AvgIpc) is 2.83. The molecule has 1 aromatic rings. The number of aromatic carboxylic acids is 1. The second-order valence-corrected chi connectivity index (χ2v) is 4.19. The molecule has 0 atom stereocenters. The molecule has 0 unspecified atom stereocenters. The maximum atomic E-state index is 11.9. The van der Waals surface area contributed by atoms with Gasteiger partial charge in [-0.1, -0.05) is 0 Å².